The average Bonchev–Trinajstić information content (AvgIpc) is 3.30. The molecule has 4 aromatic rings. The summed E-state index contributed by atoms with van der Waals surface area (Å²) in [5.41, 5.74) is 5.49. The van der Waals surface area contributed by atoms with Crippen molar-refractivity contribution in [1.82, 2.24) is 20.2 Å². The Labute approximate surface area is 256 Å². The third-order valence-electron chi connectivity index (χ3n) is 7.59. The van der Waals surface area contributed by atoms with Gasteiger partial charge in [-0.2, -0.15) is 0 Å². The molecule has 0 spiro atoms. The van der Waals surface area contributed by atoms with E-state index in [0.29, 0.717) is 5.02 Å². The molecule has 3 aromatic carbocycles. The maximum absolute atomic E-state index is 6.36. The van der Waals surface area contributed by atoms with E-state index >= 15 is 0 Å². The summed E-state index contributed by atoms with van der Waals surface area (Å²) in [6.45, 7) is 10.7. The standard InChI is InChI=1S/C31H35ClN4.3ClH/c1-22(2)31(36-19-17-33-18-20-36,28(24-11-6-4-7-12-24)25-13-8-5-9-14-25)29-23(3)34-30(35-29)26-15-10-16-27(32)21-26;;;/h4-16,21-22,28,33H,17-20H2,1-3H3,(H,34,35);3*1H. The molecule has 0 amide bonds. The Hall–Kier alpha value is -2.05. The molecular formula is C31H38Cl4N4. The summed E-state index contributed by atoms with van der Waals surface area (Å²) in [4.78, 5) is 11.7. The van der Waals surface area contributed by atoms with Gasteiger partial charge in [0.25, 0.3) is 0 Å². The number of hydrogen-bond acceptors (Lipinski definition) is 3. The first-order valence-corrected chi connectivity index (χ1v) is 13.3. The lowest BCUT2D eigenvalue weighted by Gasteiger charge is -2.53. The maximum atomic E-state index is 6.36. The number of hydrogen-bond donors (Lipinski definition) is 2. The van der Waals surface area contributed by atoms with E-state index in [0.717, 1.165) is 49.0 Å². The minimum atomic E-state index is -0.359. The Morgan fingerprint density at radius 1 is 0.821 bits per heavy atom. The Bertz CT molecular complexity index is 1250. The van der Waals surface area contributed by atoms with Crippen molar-refractivity contribution in [3.8, 4) is 11.4 Å². The lowest BCUT2D eigenvalue weighted by molar-refractivity contribution is 0.0108. The number of halogens is 4. The summed E-state index contributed by atoms with van der Waals surface area (Å²) in [6.07, 6.45) is 0. The predicted octanol–water partition coefficient (Wildman–Crippen LogP) is 7.89. The Balaban J connectivity index is 0.00000178. The van der Waals surface area contributed by atoms with E-state index in [1.807, 2.05) is 18.2 Å². The molecule has 39 heavy (non-hydrogen) atoms. The van der Waals surface area contributed by atoms with Crippen LogP contribution in [-0.2, 0) is 5.54 Å². The van der Waals surface area contributed by atoms with E-state index in [2.05, 4.69) is 103 Å². The van der Waals surface area contributed by atoms with Crippen LogP contribution in [0.4, 0.5) is 0 Å². The molecule has 4 nitrogen and oxygen atoms in total. The van der Waals surface area contributed by atoms with Gasteiger partial charge >= 0.3 is 0 Å². The maximum Gasteiger partial charge on any atom is 0.137 e. The van der Waals surface area contributed by atoms with Crippen molar-refractivity contribution >= 4 is 48.8 Å². The van der Waals surface area contributed by atoms with Crippen LogP contribution in [0, 0.1) is 12.8 Å². The van der Waals surface area contributed by atoms with Gasteiger partial charge in [-0.25, -0.2) is 4.98 Å². The monoisotopic (exact) mass is 606 g/mol. The molecule has 1 aromatic heterocycles. The van der Waals surface area contributed by atoms with Crippen molar-refractivity contribution in [2.75, 3.05) is 26.2 Å². The van der Waals surface area contributed by atoms with Gasteiger partial charge in [0.1, 0.15) is 5.82 Å². The van der Waals surface area contributed by atoms with Gasteiger partial charge in [0, 0.05) is 48.4 Å². The number of nitrogens with one attached hydrogen (secondary N) is 2. The van der Waals surface area contributed by atoms with Crippen molar-refractivity contribution in [3.63, 3.8) is 0 Å². The predicted molar refractivity (Wildman–Crippen MR) is 171 cm³/mol. The van der Waals surface area contributed by atoms with Crippen LogP contribution in [0.1, 0.15) is 42.3 Å². The highest BCUT2D eigenvalue weighted by Crippen LogP contribution is 2.51. The fraction of sp³-hybridized carbons (Fsp3) is 0.323. The first kappa shape index (κ1) is 33.2. The van der Waals surface area contributed by atoms with Crippen molar-refractivity contribution in [3.05, 3.63) is 112 Å². The summed E-state index contributed by atoms with van der Waals surface area (Å²) >= 11 is 6.36. The molecule has 5 rings (SSSR count). The van der Waals surface area contributed by atoms with Crippen LogP contribution in [0.25, 0.3) is 11.4 Å². The van der Waals surface area contributed by atoms with Crippen LogP contribution in [0.2, 0.25) is 5.02 Å². The lowest BCUT2D eigenvalue weighted by Crippen LogP contribution is -2.60. The lowest BCUT2D eigenvalue weighted by atomic mass is 9.65. The van der Waals surface area contributed by atoms with Crippen molar-refractivity contribution in [1.29, 1.82) is 0 Å². The number of H-pyrrole nitrogens is 1. The highest BCUT2D eigenvalue weighted by atomic mass is 35.5. The quantitative estimate of drug-likeness (QED) is 0.224. The van der Waals surface area contributed by atoms with Gasteiger partial charge in [0.05, 0.1) is 11.2 Å². The van der Waals surface area contributed by atoms with Gasteiger partial charge in [-0.1, -0.05) is 98.2 Å². The van der Waals surface area contributed by atoms with Crippen LogP contribution in [0.15, 0.2) is 84.9 Å². The first-order chi connectivity index (χ1) is 17.5. The van der Waals surface area contributed by atoms with E-state index in [4.69, 9.17) is 16.6 Å². The zero-order chi connectivity index (χ0) is 25.1. The second-order valence-electron chi connectivity index (χ2n) is 10.0. The number of aromatic nitrogens is 2. The Morgan fingerprint density at radius 3 is 1.90 bits per heavy atom. The van der Waals surface area contributed by atoms with E-state index in [1.54, 1.807) is 0 Å². The van der Waals surface area contributed by atoms with E-state index in [9.17, 15) is 0 Å². The molecule has 1 aliphatic heterocycles. The van der Waals surface area contributed by atoms with Crippen molar-refractivity contribution in [2.24, 2.45) is 5.92 Å². The van der Waals surface area contributed by atoms with Gasteiger partial charge in [0.15, 0.2) is 0 Å². The molecule has 1 fully saturated rings. The van der Waals surface area contributed by atoms with Gasteiger partial charge in [-0.15, -0.1) is 37.2 Å². The van der Waals surface area contributed by atoms with E-state index in [1.165, 1.54) is 11.1 Å². The molecule has 0 saturated carbocycles. The van der Waals surface area contributed by atoms with Crippen molar-refractivity contribution in [2.45, 2.75) is 32.2 Å². The zero-order valence-electron chi connectivity index (χ0n) is 22.6. The summed E-state index contributed by atoms with van der Waals surface area (Å²) in [5, 5.41) is 4.28. The normalized spacial score (nSPS) is 15.1. The fourth-order valence-electron chi connectivity index (χ4n) is 6.09. The number of aryl methyl sites for hydroxylation is 1. The van der Waals surface area contributed by atoms with Gasteiger partial charge in [-0.05, 0) is 36.1 Å². The molecule has 0 aliphatic carbocycles. The number of nitrogens with zero attached hydrogens (tertiary/aromatic N) is 2. The summed E-state index contributed by atoms with van der Waals surface area (Å²) in [5.74, 6) is 1.26. The van der Waals surface area contributed by atoms with E-state index in [-0.39, 0.29) is 54.6 Å². The molecule has 1 unspecified atom stereocenters. The summed E-state index contributed by atoms with van der Waals surface area (Å²) < 4.78 is 0. The molecule has 0 radical (unpaired) electrons. The number of aromatic amines is 1. The Morgan fingerprint density at radius 2 is 1.38 bits per heavy atom. The minimum Gasteiger partial charge on any atom is -0.342 e. The topological polar surface area (TPSA) is 44.0 Å². The molecule has 1 aliphatic rings. The number of benzene rings is 3. The third kappa shape index (κ3) is 6.48. The fourth-order valence-corrected chi connectivity index (χ4v) is 6.28. The highest BCUT2D eigenvalue weighted by Gasteiger charge is 2.51. The molecule has 1 atom stereocenters. The highest BCUT2D eigenvalue weighted by molar-refractivity contribution is 6.30. The largest absolute Gasteiger partial charge is 0.342 e. The van der Waals surface area contributed by atoms with Crippen LogP contribution in [-0.4, -0.2) is 41.0 Å². The van der Waals surface area contributed by atoms with Crippen LogP contribution in [0.5, 0.6) is 0 Å². The molecule has 0 bridgehead atoms. The molecule has 210 valence electrons. The second kappa shape index (κ2) is 14.5. The Kier molecular flexibility index (Phi) is 12.4. The molecule has 2 N–H and O–H groups in total. The summed E-state index contributed by atoms with van der Waals surface area (Å²) in [7, 11) is 0. The smallest absolute Gasteiger partial charge is 0.137 e. The van der Waals surface area contributed by atoms with Gasteiger partial charge in [-0.3, -0.25) is 4.90 Å². The van der Waals surface area contributed by atoms with Crippen LogP contribution < -0.4 is 5.32 Å². The average molecular weight is 608 g/mol. The van der Waals surface area contributed by atoms with Crippen LogP contribution >= 0.6 is 48.8 Å². The minimum absolute atomic E-state index is 0. The molecule has 1 saturated heterocycles. The number of rotatable bonds is 7. The number of imidazole rings is 1. The summed E-state index contributed by atoms with van der Waals surface area (Å²) in [6, 6.07) is 29.9. The van der Waals surface area contributed by atoms with Crippen LogP contribution in [0.3, 0.4) is 0 Å². The first-order valence-electron chi connectivity index (χ1n) is 12.9. The second-order valence-corrected chi connectivity index (χ2v) is 10.5. The number of piperazine rings is 1. The van der Waals surface area contributed by atoms with Gasteiger partial charge < -0.3 is 10.3 Å². The zero-order valence-corrected chi connectivity index (χ0v) is 25.8. The van der Waals surface area contributed by atoms with E-state index < -0.39 is 0 Å². The SMILES string of the molecule is Cc1[nH]c(-c2cccc(Cl)c2)nc1C(C(C)C)(C(c1ccccc1)c1ccccc1)N1CCNCC1.Cl.Cl.Cl. The molecule has 8 heteroatoms. The molecule has 2 heterocycles. The van der Waals surface area contributed by atoms with Crippen molar-refractivity contribution < 1.29 is 0 Å². The van der Waals surface area contributed by atoms with Gasteiger partial charge in [0.2, 0.25) is 0 Å². The molecular weight excluding hydrogens is 570 g/mol. The third-order valence-corrected chi connectivity index (χ3v) is 7.82.